The van der Waals surface area contributed by atoms with Crippen molar-refractivity contribution in [1.82, 2.24) is 10.6 Å². The summed E-state index contributed by atoms with van der Waals surface area (Å²) in [6.45, 7) is 12.5. The van der Waals surface area contributed by atoms with Crippen LogP contribution in [0.3, 0.4) is 0 Å². The summed E-state index contributed by atoms with van der Waals surface area (Å²) in [4.78, 5) is 12.2. The quantitative estimate of drug-likeness (QED) is 0.663. The molecule has 1 rings (SSSR count). The summed E-state index contributed by atoms with van der Waals surface area (Å²) in [5.41, 5.74) is 0.333. The van der Waals surface area contributed by atoms with E-state index in [1.807, 2.05) is 32.9 Å². The molecule has 1 atom stereocenters. The minimum absolute atomic E-state index is 0.252. The minimum atomic E-state index is -0.503. The van der Waals surface area contributed by atoms with Crippen molar-refractivity contribution in [1.29, 1.82) is 0 Å². The Labute approximate surface area is 152 Å². The monoisotopic (exact) mass is 350 g/mol. The van der Waals surface area contributed by atoms with Crippen LogP contribution in [0, 0.1) is 0 Å². The second-order valence-electron chi connectivity index (χ2n) is 7.77. The van der Waals surface area contributed by atoms with Gasteiger partial charge in [0.25, 0.3) is 0 Å². The van der Waals surface area contributed by atoms with Crippen LogP contribution in [0.15, 0.2) is 24.3 Å². The summed E-state index contributed by atoms with van der Waals surface area (Å²) in [5.74, 6) is 0.280. The van der Waals surface area contributed by atoms with E-state index in [-0.39, 0.29) is 23.4 Å². The molecule has 5 nitrogen and oxygen atoms in total. The van der Waals surface area contributed by atoms with Crippen LogP contribution in [0.1, 0.15) is 59.9 Å². The van der Waals surface area contributed by atoms with Crippen molar-refractivity contribution in [2.45, 2.75) is 78.0 Å². The molecule has 5 heteroatoms. The van der Waals surface area contributed by atoms with Crippen LogP contribution in [-0.4, -0.2) is 34.9 Å². The average Bonchev–Trinajstić information content (AvgIpc) is 2.52. The lowest BCUT2D eigenvalue weighted by Gasteiger charge is -2.35. The molecule has 0 saturated heterocycles. The molecule has 0 radical (unpaired) electrons. The third-order valence-corrected chi connectivity index (χ3v) is 4.39. The van der Waals surface area contributed by atoms with E-state index < -0.39 is 5.60 Å². The molecule has 0 spiro atoms. The first-order chi connectivity index (χ1) is 11.6. The number of phenols is 1. The molecule has 25 heavy (non-hydrogen) atoms. The Bertz CT molecular complexity index is 531. The van der Waals surface area contributed by atoms with Gasteiger partial charge in [-0.2, -0.15) is 0 Å². The Kier molecular flexibility index (Phi) is 7.74. The zero-order chi connectivity index (χ0) is 19.1. The number of benzene rings is 1. The fourth-order valence-corrected chi connectivity index (χ4v) is 2.67. The van der Waals surface area contributed by atoms with Crippen molar-refractivity contribution in [3.8, 4) is 5.75 Å². The Morgan fingerprint density at radius 2 is 1.72 bits per heavy atom. The van der Waals surface area contributed by atoms with Crippen LogP contribution in [0.5, 0.6) is 5.75 Å². The molecule has 0 bridgehead atoms. The van der Waals surface area contributed by atoms with Crippen molar-refractivity contribution in [3.63, 3.8) is 0 Å². The van der Waals surface area contributed by atoms with Gasteiger partial charge in [-0.3, -0.25) is 0 Å². The van der Waals surface area contributed by atoms with Crippen LogP contribution in [-0.2, 0) is 11.2 Å². The van der Waals surface area contributed by atoms with Gasteiger partial charge in [0, 0.05) is 12.6 Å². The van der Waals surface area contributed by atoms with Gasteiger partial charge in [-0.25, -0.2) is 4.79 Å². The third-order valence-electron chi connectivity index (χ3n) is 4.39. The van der Waals surface area contributed by atoms with Gasteiger partial charge >= 0.3 is 6.09 Å². The Morgan fingerprint density at radius 3 is 2.20 bits per heavy atom. The highest BCUT2D eigenvalue weighted by atomic mass is 16.6. The largest absolute Gasteiger partial charge is 0.508 e. The first-order valence-electron chi connectivity index (χ1n) is 9.11. The number of alkyl carbamates (subject to hydrolysis) is 1. The normalized spacial score (nSPS) is 13.4. The lowest BCUT2D eigenvalue weighted by molar-refractivity contribution is 0.0444. The lowest BCUT2D eigenvalue weighted by atomic mass is 9.92. The molecule has 0 heterocycles. The number of carbonyl (C=O) groups excluding carboxylic acids is 1. The van der Waals surface area contributed by atoms with Gasteiger partial charge in [0.1, 0.15) is 11.4 Å². The van der Waals surface area contributed by atoms with Gasteiger partial charge in [0.2, 0.25) is 0 Å². The van der Waals surface area contributed by atoms with E-state index in [4.69, 9.17) is 4.74 Å². The van der Waals surface area contributed by atoms with Crippen molar-refractivity contribution in [2.24, 2.45) is 0 Å². The highest BCUT2D eigenvalue weighted by Crippen LogP contribution is 2.17. The number of carbonyl (C=O) groups is 1. The summed E-state index contributed by atoms with van der Waals surface area (Å²) in [7, 11) is 0. The van der Waals surface area contributed by atoms with Crippen LogP contribution in [0.4, 0.5) is 4.79 Å². The average molecular weight is 351 g/mol. The summed E-state index contributed by atoms with van der Waals surface area (Å²) < 4.78 is 5.41. The summed E-state index contributed by atoms with van der Waals surface area (Å²) in [6, 6.07) is 7.52. The van der Waals surface area contributed by atoms with Crippen molar-refractivity contribution in [2.75, 3.05) is 6.54 Å². The second-order valence-corrected chi connectivity index (χ2v) is 7.77. The van der Waals surface area contributed by atoms with Gasteiger partial charge in [-0.15, -0.1) is 0 Å². The molecule has 1 unspecified atom stereocenters. The smallest absolute Gasteiger partial charge is 0.408 e. The number of amides is 1. The lowest BCUT2D eigenvalue weighted by Crippen LogP contribution is -2.56. The highest BCUT2D eigenvalue weighted by Gasteiger charge is 2.30. The molecular weight excluding hydrogens is 316 g/mol. The van der Waals surface area contributed by atoms with Gasteiger partial charge in [0.15, 0.2) is 0 Å². The first kappa shape index (κ1) is 21.3. The molecule has 0 aliphatic rings. The summed E-state index contributed by atoms with van der Waals surface area (Å²) >= 11 is 0. The third kappa shape index (κ3) is 7.78. The van der Waals surface area contributed by atoms with E-state index >= 15 is 0 Å². The number of hydrogen-bond donors (Lipinski definition) is 3. The Hall–Kier alpha value is -1.75. The van der Waals surface area contributed by atoms with Crippen LogP contribution < -0.4 is 10.6 Å². The summed E-state index contributed by atoms with van der Waals surface area (Å²) in [6.07, 6.45) is 2.13. The minimum Gasteiger partial charge on any atom is -0.508 e. The van der Waals surface area contributed by atoms with E-state index in [0.717, 1.165) is 24.8 Å². The molecular formula is C20H34N2O3. The van der Waals surface area contributed by atoms with Gasteiger partial charge in [-0.1, -0.05) is 26.0 Å². The van der Waals surface area contributed by atoms with E-state index in [2.05, 4.69) is 31.4 Å². The topological polar surface area (TPSA) is 70.6 Å². The van der Waals surface area contributed by atoms with Gasteiger partial charge < -0.3 is 20.5 Å². The SMILES string of the molecule is CCC(CC)(CNC(C)Cc1ccc(O)cc1)NC(=O)OC(C)(C)C. The van der Waals surface area contributed by atoms with Crippen LogP contribution in [0.25, 0.3) is 0 Å². The first-order valence-corrected chi connectivity index (χ1v) is 9.11. The molecule has 0 saturated carbocycles. The van der Waals surface area contributed by atoms with Gasteiger partial charge in [0.05, 0.1) is 5.54 Å². The second kappa shape index (κ2) is 9.09. The van der Waals surface area contributed by atoms with Crippen molar-refractivity contribution in [3.05, 3.63) is 29.8 Å². The number of aromatic hydroxyl groups is 1. The van der Waals surface area contributed by atoms with Crippen molar-refractivity contribution >= 4 is 6.09 Å². The van der Waals surface area contributed by atoms with Crippen LogP contribution in [0.2, 0.25) is 0 Å². The van der Waals surface area contributed by atoms with E-state index in [0.29, 0.717) is 6.54 Å². The van der Waals surface area contributed by atoms with Crippen molar-refractivity contribution < 1.29 is 14.6 Å². The number of phenolic OH excluding ortho intramolecular Hbond substituents is 1. The van der Waals surface area contributed by atoms with Crippen LogP contribution >= 0.6 is 0 Å². The number of nitrogens with one attached hydrogen (secondary N) is 2. The maximum absolute atomic E-state index is 12.2. The molecule has 0 fully saturated rings. The summed E-state index contributed by atoms with van der Waals surface area (Å²) in [5, 5.41) is 15.9. The maximum atomic E-state index is 12.2. The zero-order valence-electron chi connectivity index (χ0n) is 16.5. The molecule has 1 amide bonds. The number of rotatable bonds is 8. The predicted molar refractivity (Wildman–Crippen MR) is 102 cm³/mol. The predicted octanol–water partition coefficient (Wildman–Crippen LogP) is 4.00. The highest BCUT2D eigenvalue weighted by molar-refractivity contribution is 5.68. The molecule has 0 aliphatic heterocycles. The molecule has 142 valence electrons. The molecule has 0 aromatic heterocycles. The zero-order valence-corrected chi connectivity index (χ0v) is 16.5. The van der Waals surface area contributed by atoms with E-state index in [1.165, 1.54) is 0 Å². The molecule has 1 aromatic rings. The molecule has 3 N–H and O–H groups in total. The number of hydrogen-bond acceptors (Lipinski definition) is 4. The van der Waals surface area contributed by atoms with E-state index in [9.17, 15) is 9.90 Å². The fourth-order valence-electron chi connectivity index (χ4n) is 2.67. The fraction of sp³-hybridized carbons (Fsp3) is 0.650. The Morgan fingerprint density at radius 1 is 1.16 bits per heavy atom. The number of ether oxygens (including phenoxy) is 1. The standard InChI is InChI=1S/C20H34N2O3/c1-7-20(8-2,22-18(24)25-19(4,5)6)14-21-15(3)13-16-9-11-17(23)12-10-16/h9-12,15,21,23H,7-8,13-14H2,1-6H3,(H,22,24). The van der Waals surface area contributed by atoms with Gasteiger partial charge in [-0.05, 0) is 64.7 Å². The van der Waals surface area contributed by atoms with E-state index in [1.54, 1.807) is 12.1 Å². The Balaban J connectivity index is 2.61. The maximum Gasteiger partial charge on any atom is 0.408 e. The molecule has 1 aromatic carbocycles. The molecule has 0 aliphatic carbocycles.